The average molecular weight is 513 g/mol. The molecule has 0 saturated heterocycles. The van der Waals surface area contributed by atoms with E-state index in [1.165, 1.54) is 19.4 Å². The molecule has 0 atom stereocenters. The zero-order valence-electron chi connectivity index (χ0n) is 17.9. The number of nitrogens with zero attached hydrogens (tertiary/aromatic N) is 1. The molecule has 0 saturated carbocycles. The quantitative estimate of drug-likeness (QED) is 0.221. The lowest BCUT2D eigenvalue weighted by molar-refractivity contribution is 0.0954. The zero-order valence-corrected chi connectivity index (χ0v) is 19.5. The molecule has 3 aromatic rings. The fraction of sp³-hybridized carbons (Fsp3) is 0.120. The maximum Gasteiger partial charge on any atom is 0.271 e. The Morgan fingerprint density at radius 2 is 1.88 bits per heavy atom. The minimum Gasteiger partial charge on any atom is -0.493 e. The van der Waals surface area contributed by atoms with E-state index in [-0.39, 0.29) is 12.4 Å². The molecule has 8 heteroatoms. The Balaban J connectivity index is 1.59. The van der Waals surface area contributed by atoms with Crippen molar-refractivity contribution in [2.75, 3.05) is 13.7 Å². The van der Waals surface area contributed by atoms with Gasteiger partial charge in [0.05, 0.1) is 17.8 Å². The summed E-state index contributed by atoms with van der Waals surface area (Å²) in [6.07, 6.45) is 3.12. The molecule has 3 aromatic carbocycles. The van der Waals surface area contributed by atoms with Crippen LogP contribution in [0.15, 0.2) is 82.9 Å². The molecule has 0 aromatic heterocycles. The third-order valence-electron chi connectivity index (χ3n) is 4.46. The van der Waals surface area contributed by atoms with Gasteiger partial charge in [-0.2, -0.15) is 5.10 Å². The maximum absolute atomic E-state index is 13.7. The lowest BCUT2D eigenvalue weighted by Gasteiger charge is -2.10. The fourth-order valence-electron chi connectivity index (χ4n) is 2.79. The van der Waals surface area contributed by atoms with E-state index in [0.29, 0.717) is 39.5 Å². The van der Waals surface area contributed by atoms with Gasteiger partial charge in [-0.05, 0) is 64.0 Å². The Bertz CT molecular complexity index is 1170. The van der Waals surface area contributed by atoms with Gasteiger partial charge in [-0.25, -0.2) is 9.82 Å². The first-order chi connectivity index (χ1) is 16.0. The molecule has 6 nitrogen and oxygen atoms in total. The van der Waals surface area contributed by atoms with Crippen molar-refractivity contribution in [2.45, 2.75) is 6.61 Å². The van der Waals surface area contributed by atoms with Gasteiger partial charge in [0, 0.05) is 11.1 Å². The number of carbonyl (C=O) groups is 1. The number of carbonyl (C=O) groups excluding carboxylic acids is 1. The third-order valence-corrected chi connectivity index (χ3v) is 5.08. The van der Waals surface area contributed by atoms with Gasteiger partial charge in [0.2, 0.25) is 0 Å². The second kappa shape index (κ2) is 11.8. The molecule has 0 spiro atoms. The summed E-state index contributed by atoms with van der Waals surface area (Å²) in [5.41, 5.74) is 4.04. The van der Waals surface area contributed by atoms with E-state index >= 15 is 0 Å². The average Bonchev–Trinajstić information content (AvgIpc) is 2.83. The van der Waals surface area contributed by atoms with Crippen LogP contribution in [0.3, 0.4) is 0 Å². The molecule has 33 heavy (non-hydrogen) atoms. The van der Waals surface area contributed by atoms with Crippen molar-refractivity contribution < 1.29 is 23.4 Å². The van der Waals surface area contributed by atoms with Gasteiger partial charge in [0.15, 0.2) is 11.5 Å². The predicted molar refractivity (Wildman–Crippen MR) is 129 cm³/mol. The van der Waals surface area contributed by atoms with E-state index < -0.39 is 5.91 Å². The number of hydrazone groups is 1. The van der Waals surface area contributed by atoms with Crippen molar-refractivity contribution in [3.8, 4) is 17.2 Å². The number of nitrogens with one attached hydrogen (secondary N) is 1. The van der Waals surface area contributed by atoms with Crippen LogP contribution in [0, 0.1) is 5.82 Å². The van der Waals surface area contributed by atoms with Gasteiger partial charge in [0.25, 0.3) is 5.91 Å². The second-order valence-electron chi connectivity index (χ2n) is 6.73. The molecule has 0 aliphatic heterocycles. The van der Waals surface area contributed by atoms with Crippen LogP contribution in [-0.4, -0.2) is 25.8 Å². The standard InChI is InChI=1S/C25H22BrFN2O4/c1-3-12-32-23-11-9-18(14-24(23)31-2)25(30)29-28-15-17-8-10-22(20(26)13-17)33-16-19-6-4-5-7-21(19)27/h3-11,13-15H,1,12,16H2,2H3,(H,29,30)/b28-15+. The SMILES string of the molecule is C=CCOc1ccc(C(=O)N/N=C/c2ccc(OCc3ccccc3F)c(Br)c2)cc1OC. The normalized spacial score (nSPS) is 10.6. The molecule has 0 bridgehead atoms. The number of hydrogen-bond acceptors (Lipinski definition) is 5. The van der Waals surface area contributed by atoms with Gasteiger partial charge in [-0.1, -0.05) is 30.9 Å². The summed E-state index contributed by atoms with van der Waals surface area (Å²) in [6, 6.07) is 16.6. The summed E-state index contributed by atoms with van der Waals surface area (Å²) in [4.78, 5) is 12.4. The number of hydrogen-bond donors (Lipinski definition) is 1. The Morgan fingerprint density at radius 3 is 2.61 bits per heavy atom. The summed E-state index contributed by atoms with van der Waals surface area (Å²) in [6.45, 7) is 4.04. The molecule has 0 aliphatic rings. The van der Waals surface area contributed by atoms with Gasteiger partial charge in [0.1, 0.15) is 24.8 Å². The lowest BCUT2D eigenvalue weighted by Crippen LogP contribution is -2.17. The van der Waals surface area contributed by atoms with E-state index in [1.807, 2.05) is 0 Å². The third kappa shape index (κ3) is 6.66. The highest BCUT2D eigenvalue weighted by Gasteiger charge is 2.11. The first-order valence-electron chi connectivity index (χ1n) is 9.92. The minimum absolute atomic E-state index is 0.107. The summed E-state index contributed by atoms with van der Waals surface area (Å²) in [7, 11) is 1.50. The molecule has 0 unspecified atom stereocenters. The predicted octanol–water partition coefficient (Wildman–Crippen LogP) is 5.50. The number of methoxy groups -OCH3 is 1. The van der Waals surface area contributed by atoms with Crippen LogP contribution in [0.1, 0.15) is 21.5 Å². The van der Waals surface area contributed by atoms with Crippen molar-refractivity contribution in [1.82, 2.24) is 5.43 Å². The summed E-state index contributed by atoms with van der Waals surface area (Å²) in [5, 5.41) is 4.00. The second-order valence-corrected chi connectivity index (χ2v) is 7.59. The topological polar surface area (TPSA) is 69.2 Å². The van der Waals surface area contributed by atoms with Crippen LogP contribution in [0.25, 0.3) is 0 Å². The van der Waals surface area contributed by atoms with Crippen LogP contribution >= 0.6 is 15.9 Å². The number of benzene rings is 3. The first kappa shape index (κ1) is 24.0. The van der Waals surface area contributed by atoms with Crippen LogP contribution in [0.4, 0.5) is 4.39 Å². The van der Waals surface area contributed by atoms with Gasteiger partial charge in [-0.3, -0.25) is 4.79 Å². The lowest BCUT2D eigenvalue weighted by atomic mass is 10.2. The molecule has 0 radical (unpaired) electrons. The van der Waals surface area contributed by atoms with Gasteiger partial charge < -0.3 is 14.2 Å². The molecule has 3 rings (SSSR count). The summed E-state index contributed by atoms with van der Waals surface area (Å²) in [5.74, 6) is 0.793. The highest BCUT2D eigenvalue weighted by atomic mass is 79.9. The van der Waals surface area contributed by atoms with Crippen LogP contribution in [0.5, 0.6) is 17.2 Å². The Morgan fingerprint density at radius 1 is 1.09 bits per heavy atom. The number of amides is 1. The number of halogens is 2. The minimum atomic E-state index is -0.399. The van der Waals surface area contributed by atoms with Gasteiger partial charge >= 0.3 is 0 Å². The highest BCUT2D eigenvalue weighted by molar-refractivity contribution is 9.10. The van der Waals surface area contributed by atoms with E-state index in [4.69, 9.17) is 14.2 Å². The number of rotatable bonds is 10. The van der Waals surface area contributed by atoms with Crippen molar-refractivity contribution in [2.24, 2.45) is 5.10 Å². The first-order valence-corrected chi connectivity index (χ1v) is 10.7. The molecule has 170 valence electrons. The number of ether oxygens (including phenoxy) is 3. The molecule has 0 heterocycles. The fourth-order valence-corrected chi connectivity index (χ4v) is 3.30. The van der Waals surface area contributed by atoms with Crippen molar-refractivity contribution in [3.63, 3.8) is 0 Å². The van der Waals surface area contributed by atoms with Crippen LogP contribution in [0.2, 0.25) is 0 Å². The van der Waals surface area contributed by atoms with Crippen molar-refractivity contribution >= 4 is 28.1 Å². The largest absolute Gasteiger partial charge is 0.493 e. The molecular formula is C25H22BrFN2O4. The maximum atomic E-state index is 13.7. The molecule has 1 N–H and O–H groups in total. The summed E-state index contributed by atoms with van der Waals surface area (Å²) < 4.78 is 30.8. The Hall–Kier alpha value is -3.65. The molecule has 1 amide bonds. The van der Waals surface area contributed by atoms with E-state index in [9.17, 15) is 9.18 Å². The van der Waals surface area contributed by atoms with Crippen LogP contribution < -0.4 is 19.6 Å². The van der Waals surface area contributed by atoms with Crippen molar-refractivity contribution in [1.29, 1.82) is 0 Å². The highest BCUT2D eigenvalue weighted by Crippen LogP contribution is 2.28. The molecule has 0 fully saturated rings. The Kier molecular flexibility index (Phi) is 8.60. The van der Waals surface area contributed by atoms with E-state index in [2.05, 4.69) is 33.0 Å². The Labute approximate surface area is 199 Å². The van der Waals surface area contributed by atoms with E-state index in [1.54, 1.807) is 60.7 Å². The monoisotopic (exact) mass is 512 g/mol. The zero-order chi connectivity index (χ0) is 23.6. The summed E-state index contributed by atoms with van der Waals surface area (Å²) >= 11 is 3.44. The van der Waals surface area contributed by atoms with Crippen molar-refractivity contribution in [3.05, 3.63) is 100 Å². The van der Waals surface area contributed by atoms with E-state index in [0.717, 1.165) is 5.56 Å². The van der Waals surface area contributed by atoms with Gasteiger partial charge in [-0.15, -0.1) is 0 Å². The molecular weight excluding hydrogens is 491 g/mol. The molecule has 0 aliphatic carbocycles. The smallest absolute Gasteiger partial charge is 0.271 e. The van der Waals surface area contributed by atoms with Crippen LogP contribution in [-0.2, 0) is 6.61 Å².